The number of hydrogen-bond donors (Lipinski definition) is 1. The van der Waals surface area contributed by atoms with Crippen LogP contribution in [0.15, 0.2) is 28.7 Å². The second kappa shape index (κ2) is 5.94. The summed E-state index contributed by atoms with van der Waals surface area (Å²) in [5.74, 6) is 0.437. The highest BCUT2D eigenvalue weighted by Gasteiger charge is 2.11. The zero-order valence-corrected chi connectivity index (χ0v) is 12.8. The van der Waals surface area contributed by atoms with E-state index in [0.717, 1.165) is 0 Å². The van der Waals surface area contributed by atoms with Gasteiger partial charge in [-0.05, 0) is 34.1 Å². The van der Waals surface area contributed by atoms with E-state index < -0.39 is 5.82 Å². The summed E-state index contributed by atoms with van der Waals surface area (Å²) in [6.07, 6.45) is 0. The molecule has 0 fully saturated rings. The van der Waals surface area contributed by atoms with Gasteiger partial charge in [0.25, 0.3) is 0 Å². The number of ether oxygens (including phenoxy) is 1. The van der Waals surface area contributed by atoms with Crippen molar-refractivity contribution < 1.29 is 9.13 Å². The molecule has 0 radical (unpaired) electrons. The molecular weight excluding hydrogens is 358 g/mol. The van der Waals surface area contributed by atoms with E-state index in [-0.39, 0.29) is 10.9 Å². The number of rotatable bonds is 3. The van der Waals surface area contributed by atoms with Crippen molar-refractivity contribution in [1.29, 1.82) is 0 Å². The lowest BCUT2D eigenvalue weighted by molar-refractivity contribution is 0.458. The maximum atomic E-state index is 13.4. The first kappa shape index (κ1) is 14.4. The van der Waals surface area contributed by atoms with E-state index >= 15 is 0 Å². The molecule has 1 aromatic heterocycles. The van der Waals surface area contributed by atoms with Crippen LogP contribution in [0.25, 0.3) is 0 Å². The van der Waals surface area contributed by atoms with Crippen LogP contribution in [0.5, 0.6) is 11.6 Å². The molecule has 0 bridgehead atoms. The van der Waals surface area contributed by atoms with E-state index in [9.17, 15) is 4.39 Å². The Morgan fingerprint density at radius 2 is 2.00 bits per heavy atom. The maximum absolute atomic E-state index is 13.4. The Kier molecular flexibility index (Phi) is 4.50. The van der Waals surface area contributed by atoms with E-state index in [1.807, 2.05) is 0 Å². The molecular formula is C12H8BrCl2FN2O. The van der Waals surface area contributed by atoms with Crippen LogP contribution in [0.3, 0.4) is 0 Å². The average Bonchev–Trinajstić information content (AvgIpc) is 2.37. The minimum absolute atomic E-state index is 0.150. The van der Waals surface area contributed by atoms with Gasteiger partial charge >= 0.3 is 0 Å². The minimum atomic E-state index is -0.434. The SMILES string of the molecule is CNc1nc(Oc2ccc(Br)c(F)c2)c(Cl)cc1Cl. The molecule has 100 valence electrons. The molecule has 0 atom stereocenters. The number of aromatic nitrogens is 1. The lowest BCUT2D eigenvalue weighted by atomic mass is 10.3. The van der Waals surface area contributed by atoms with Crippen LogP contribution in [0.1, 0.15) is 0 Å². The van der Waals surface area contributed by atoms with Crippen LogP contribution in [-0.4, -0.2) is 12.0 Å². The molecule has 2 rings (SSSR count). The lowest BCUT2D eigenvalue weighted by Crippen LogP contribution is -1.97. The Morgan fingerprint density at radius 3 is 2.63 bits per heavy atom. The van der Waals surface area contributed by atoms with Crippen molar-refractivity contribution in [3.05, 3.63) is 44.6 Å². The molecule has 0 aliphatic rings. The maximum Gasteiger partial charge on any atom is 0.240 e. The third-order valence-corrected chi connectivity index (χ3v) is 3.44. The van der Waals surface area contributed by atoms with Gasteiger partial charge in [-0.2, -0.15) is 4.98 Å². The Hall–Kier alpha value is -1.04. The van der Waals surface area contributed by atoms with Gasteiger partial charge < -0.3 is 10.1 Å². The summed E-state index contributed by atoms with van der Waals surface area (Å²) in [6, 6.07) is 5.87. The van der Waals surface area contributed by atoms with Gasteiger partial charge in [0.2, 0.25) is 5.88 Å². The fraction of sp³-hybridized carbons (Fsp3) is 0.0833. The summed E-state index contributed by atoms with van der Waals surface area (Å²) in [5.41, 5.74) is 0. The Morgan fingerprint density at radius 1 is 1.26 bits per heavy atom. The first-order valence-corrected chi connectivity index (χ1v) is 6.73. The second-order valence-corrected chi connectivity index (χ2v) is 5.20. The normalized spacial score (nSPS) is 10.4. The molecule has 1 aromatic carbocycles. The van der Waals surface area contributed by atoms with E-state index in [1.165, 1.54) is 18.2 Å². The van der Waals surface area contributed by atoms with Crippen molar-refractivity contribution in [1.82, 2.24) is 4.98 Å². The summed E-state index contributed by atoms with van der Waals surface area (Å²) >= 11 is 15.0. The number of hydrogen-bond acceptors (Lipinski definition) is 3. The highest BCUT2D eigenvalue weighted by atomic mass is 79.9. The molecule has 0 aliphatic carbocycles. The third-order valence-electron chi connectivity index (χ3n) is 2.24. The molecule has 0 aliphatic heterocycles. The molecule has 1 heterocycles. The quantitative estimate of drug-likeness (QED) is 0.819. The smallest absolute Gasteiger partial charge is 0.240 e. The van der Waals surface area contributed by atoms with Gasteiger partial charge in [-0.1, -0.05) is 23.2 Å². The molecule has 0 unspecified atom stereocenters. The molecule has 2 aromatic rings. The molecule has 7 heteroatoms. The minimum Gasteiger partial charge on any atom is -0.437 e. The highest BCUT2D eigenvalue weighted by molar-refractivity contribution is 9.10. The molecule has 0 amide bonds. The van der Waals surface area contributed by atoms with Gasteiger partial charge in [0.05, 0.1) is 9.50 Å². The van der Waals surface area contributed by atoms with E-state index in [4.69, 9.17) is 27.9 Å². The zero-order chi connectivity index (χ0) is 14.0. The Labute approximate surface area is 127 Å². The van der Waals surface area contributed by atoms with E-state index in [2.05, 4.69) is 26.2 Å². The highest BCUT2D eigenvalue weighted by Crippen LogP contribution is 2.34. The average molecular weight is 366 g/mol. The lowest BCUT2D eigenvalue weighted by Gasteiger charge is -2.10. The van der Waals surface area contributed by atoms with Crippen LogP contribution < -0.4 is 10.1 Å². The number of nitrogens with one attached hydrogen (secondary N) is 1. The Bertz CT molecular complexity index is 625. The van der Waals surface area contributed by atoms with Gasteiger partial charge in [-0.25, -0.2) is 4.39 Å². The number of halogens is 4. The van der Waals surface area contributed by atoms with Crippen LogP contribution >= 0.6 is 39.1 Å². The summed E-state index contributed by atoms with van der Waals surface area (Å²) in [4.78, 5) is 4.11. The molecule has 0 spiro atoms. The van der Waals surface area contributed by atoms with Gasteiger partial charge in [0, 0.05) is 13.1 Å². The predicted molar refractivity (Wildman–Crippen MR) is 78.0 cm³/mol. The van der Waals surface area contributed by atoms with Crippen molar-refractivity contribution >= 4 is 44.9 Å². The summed E-state index contributed by atoms with van der Waals surface area (Å²) in [6.45, 7) is 0. The summed E-state index contributed by atoms with van der Waals surface area (Å²) in [7, 11) is 1.67. The van der Waals surface area contributed by atoms with Crippen LogP contribution in [-0.2, 0) is 0 Å². The van der Waals surface area contributed by atoms with Gasteiger partial charge in [-0.15, -0.1) is 0 Å². The van der Waals surface area contributed by atoms with Crippen molar-refractivity contribution in [3.8, 4) is 11.6 Å². The van der Waals surface area contributed by atoms with Crippen molar-refractivity contribution in [2.75, 3.05) is 12.4 Å². The number of nitrogens with zero attached hydrogens (tertiary/aromatic N) is 1. The standard InChI is InChI=1S/C12H8BrCl2FN2O/c1-17-11-8(14)5-9(15)12(18-11)19-6-2-3-7(13)10(16)4-6/h2-5H,1H3,(H,17,18). The first-order valence-electron chi connectivity index (χ1n) is 5.18. The molecule has 1 N–H and O–H groups in total. The monoisotopic (exact) mass is 364 g/mol. The second-order valence-electron chi connectivity index (χ2n) is 3.53. The molecule has 0 saturated carbocycles. The fourth-order valence-corrected chi connectivity index (χ4v) is 2.09. The Balaban J connectivity index is 2.34. The van der Waals surface area contributed by atoms with Crippen molar-refractivity contribution in [2.45, 2.75) is 0 Å². The zero-order valence-electron chi connectivity index (χ0n) is 9.68. The van der Waals surface area contributed by atoms with Crippen molar-refractivity contribution in [3.63, 3.8) is 0 Å². The van der Waals surface area contributed by atoms with Gasteiger partial charge in [0.1, 0.15) is 22.4 Å². The number of benzene rings is 1. The number of pyridine rings is 1. The van der Waals surface area contributed by atoms with Crippen LogP contribution in [0.2, 0.25) is 10.0 Å². The molecule has 3 nitrogen and oxygen atoms in total. The molecule has 19 heavy (non-hydrogen) atoms. The predicted octanol–water partition coefficient (Wildman–Crippen LogP) is 5.12. The fourth-order valence-electron chi connectivity index (χ4n) is 1.35. The number of anilines is 1. The largest absolute Gasteiger partial charge is 0.437 e. The van der Waals surface area contributed by atoms with Crippen LogP contribution in [0, 0.1) is 5.82 Å². The van der Waals surface area contributed by atoms with E-state index in [0.29, 0.717) is 21.1 Å². The first-order chi connectivity index (χ1) is 9.01. The van der Waals surface area contributed by atoms with Gasteiger partial charge in [0.15, 0.2) is 0 Å². The topological polar surface area (TPSA) is 34.2 Å². The summed E-state index contributed by atoms with van der Waals surface area (Å²) in [5, 5.41) is 3.43. The summed E-state index contributed by atoms with van der Waals surface area (Å²) < 4.78 is 19.2. The van der Waals surface area contributed by atoms with E-state index in [1.54, 1.807) is 13.1 Å². The van der Waals surface area contributed by atoms with Gasteiger partial charge in [-0.3, -0.25) is 0 Å². The third kappa shape index (κ3) is 3.29. The van der Waals surface area contributed by atoms with Crippen LogP contribution in [0.4, 0.5) is 10.2 Å². The molecule has 0 saturated heterocycles. The van der Waals surface area contributed by atoms with Crippen molar-refractivity contribution in [2.24, 2.45) is 0 Å².